The molecule has 3 rings (SSSR count). The summed E-state index contributed by atoms with van der Waals surface area (Å²) in [5, 5.41) is -0.563. The quantitative estimate of drug-likeness (QED) is 0.596. The number of amides is 1. The summed E-state index contributed by atoms with van der Waals surface area (Å²) in [6, 6.07) is 12.2. The third kappa shape index (κ3) is 4.49. The van der Waals surface area contributed by atoms with Gasteiger partial charge in [0.15, 0.2) is 14.6 Å². The van der Waals surface area contributed by atoms with Crippen molar-refractivity contribution in [2.45, 2.75) is 37.5 Å². The van der Waals surface area contributed by atoms with Gasteiger partial charge in [-0.3, -0.25) is 4.79 Å². The first-order valence-corrected chi connectivity index (χ1v) is 11.6. The number of carbonyl (C=O) groups is 1. The van der Waals surface area contributed by atoms with Crippen LogP contribution in [-0.2, 0) is 21.1 Å². The van der Waals surface area contributed by atoms with Gasteiger partial charge in [-0.05, 0) is 56.7 Å². The Morgan fingerprint density at radius 3 is 2.66 bits per heavy atom. The van der Waals surface area contributed by atoms with E-state index in [9.17, 15) is 13.2 Å². The Bertz CT molecular complexity index is 1220. The van der Waals surface area contributed by atoms with Crippen LogP contribution >= 0.6 is 11.3 Å². The fourth-order valence-corrected chi connectivity index (χ4v) is 5.15. The Balaban J connectivity index is 2.08. The lowest BCUT2D eigenvalue weighted by Gasteiger charge is -2.08. The highest BCUT2D eigenvalue weighted by Gasteiger charge is 2.20. The summed E-state index contributed by atoms with van der Waals surface area (Å²) < 4.78 is 33.0. The van der Waals surface area contributed by atoms with Crippen LogP contribution in [0.1, 0.15) is 29.8 Å². The number of methoxy groups -OCH3 is 1. The number of nitrogens with zero attached hydrogens (tertiary/aromatic N) is 2. The number of carbonyl (C=O) groups excluding carboxylic acids is 1. The predicted molar refractivity (Wildman–Crippen MR) is 115 cm³/mol. The van der Waals surface area contributed by atoms with E-state index in [-0.39, 0.29) is 10.5 Å². The van der Waals surface area contributed by atoms with Gasteiger partial charge in [0.25, 0.3) is 5.91 Å². The number of hydrogen-bond acceptors (Lipinski definition) is 5. The van der Waals surface area contributed by atoms with Gasteiger partial charge >= 0.3 is 0 Å². The van der Waals surface area contributed by atoms with Crippen molar-refractivity contribution in [1.29, 1.82) is 0 Å². The van der Waals surface area contributed by atoms with Crippen molar-refractivity contribution in [3.8, 4) is 0 Å². The minimum atomic E-state index is -3.46. The van der Waals surface area contributed by atoms with Crippen molar-refractivity contribution in [3.05, 3.63) is 58.4 Å². The second-order valence-corrected chi connectivity index (χ2v) is 10.6. The SMILES string of the molecule is COCCn1c(=NC(=O)c2cccc(S(=O)(=O)C(C)C)c2)sc2cc(C)ccc21. The van der Waals surface area contributed by atoms with Crippen LogP contribution < -0.4 is 4.80 Å². The molecule has 6 nitrogen and oxygen atoms in total. The smallest absolute Gasteiger partial charge is 0.279 e. The molecule has 0 aliphatic carbocycles. The summed E-state index contributed by atoms with van der Waals surface area (Å²) >= 11 is 1.43. The summed E-state index contributed by atoms with van der Waals surface area (Å²) in [5.74, 6) is -0.472. The molecule has 0 bridgehead atoms. The number of fused-ring (bicyclic) bond motifs is 1. The lowest BCUT2D eigenvalue weighted by Crippen LogP contribution is -2.19. The van der Waals surface area contributed by atoms with Crippen molar-refractivity contribution < 1.29 is 17.9 Å². The van der Waals surface area contributed by atoms with Crippen LogP contribution in [0.4, 0.5) is 0 Å². The number of rotatable bonds is 6. The topological polar surface area (TPSA) is 77.7 Å². The Hall–Kier alpha value is -2.29. The molecule has 8 heteroatoms. The Labute approximate surface area is 174 Å². The maximum absolute atomic E-state index is 12.8. The van der Waals surface area contributed by atoms with Gasteiger partial charge < -0.3 is 9.30 Å². The molecule has 1 aromatic heterocycles. The summed E-state index contributed by atoms with van der Waals surface area (Å²) in [5.41, 5.74) is 2.36. The maximum atomic E-state index is 12.8. The highest BCUT2D eigenvalue weighted by molar-refractivity contribution is 7.92. The molecule has 154 valence electrons. The van der Waals surface area contributed by atoms with Crippen molar-refractivity contribution in [2.24, 2.45) is 4.99 Å². The number of sulfone groups is 1. The summed E-state index contributed by atoms with van der Waals surface area (Å²) in [7, 11) is -1.84. The van der Waals surface area contributed by atoms with Crippen LogP contribution in [0, 0.1) is 6.92 Å². The molecule has 0 atom stereocenters. The van der Waals surface area contributed by atoms with Crippen molar-refractivity contribution >= 4 is 37.3 Å². The number of benzene rings is 2. The van der Waals surface area contributed by atoms with Gasteiger partial charge in [0.2, 0.25) is 0 Å². The van der Waals surface area contributed by atoms with Crippen LogP contribution in [0.25, 0.3) is 10.2 Å². The first-order chi connectivity index (χ1) is 13.7. The van der Waals surface area contributed by atoms with Gasteiger partial charge in [-0.15, -0.1) is 0 Å². The van der Waals surface area contributed by atoms with E-state index in [1.165, 1.54) is 23.5 Å². The average molecular weight is 433 g/mol. The second-order valence-electron chi connectivity index (χ2n) is 7.04. The third-order valence-corrected chi connectivity index (χ3v) is 7.78. The number of ether oxygens (including phenoxy) is 1. The summed E-state index contributed by atoms with van der Waals surface area (Å²) in [6.45, 7) is 6.30. The summed E-state index contributed by atoms with van der Waals surface area (Å²) in [4.78, 5) is 17.8. The molecule has 2 aromatic carbocycles. The molecule has 0 unspecified atom stereocenters. The Morgan fingerprint density at radius 1 is 1.21 bits per heavy atom. The van der Waals surface area contributed by atoms with Crippen LogP contribution in [0.2, 0.25) is 0 Å². The molecule has 0 spiro atoms. The minimum Gasteiger partial charge on any atom is -0.383 e. The predicted octanol–water partition coefficient (Wildman–Crippen LogP) is 3.58. The Kier molecular flexibility index (Phi) is 6.36. The number of aromatic nitrogens is 1. The van der Waals surface area contributed by atoms with E-state index >= 15 is 0 Å². The molecule has 0 N–H and O–H groups in total. The molecule has 1 heterocycles. The van der Waals surface area contributed by atoms with Gasteiger partial charge in [0, 0.05) is 19.2 Å². The summed E-state index contributed by atoms with van der Waals surface area (Å²) in [6.07, 6.45) is 0. The Morgan fingerprint density at radius 2 is 1.97 bits per heavy atom. The third-order valence-electron chi connectivity index (χ3n) is 4.58. The van der Waals surface area contributed by atoms with E-state index in [2.05, 4.69) is 11.1 Å². The first-order valence-electron chi connectivity index (χ1n) is 9.26. The molecule has 0 saturated carbocycles. The minimum absolute atomic E-state index is 0.132. The first kappa shape index (κ1) is 21.4. The molecule has 0 aliphatic heterocycles. The monoisotopic (exact) mass is 432 g/mol. The van der Waals surface area contributed by atoms with Gasteiger partial charge in [-0.2, -0.15) is 4.99 Å². The van der Waals surface area contributed by atoms with Crippen LogP contribution in [0.5, 0.6) is 0 Å². The number of hydrogen-bond donors (Lipinski definition) is 0. The lowest BCUT2D eigenvalue weighted by atomic mass is 10.2. The van der Waals surface area contributed by atoms with Gasteiger partial charge in [-0.25, -0.2) is 8.42 Å². The molecular weight excluding hydrogens is 408 g/mol. The fraction of sp³-hybridized carbons (Fsp3) is 0.333. The molecular formula is C21H24N2O4S2. The zero-order valence-electron chi connectivity index (χ0n) is 16.9. The molecule has 0 saturated heterocycles. The highest BCUT2D eigenvalue weighted by Crippen LogP contribution is 2.20. The van der Waals surface area contributed by atoms with Gasteiger partial charge in [0.1, 0.15) is 0 Å². The standard InChI is InChI=1S/C21H24N2O4S2/c1-14(2)29(25,26)17-7-5-6-16(13-17)20(24)22-21-23(10-11-27-4)18-9-8-15(3)12-19(18)28-21/h5-9,12-14H,10-11H2,1-4H3. The van der Waals surface area contributed by atoms with E-state index in [4.69, 9.17) is 4.74 Å². The van der Waals surface area contributed by atoms with E-state index in [0.29, 0.717) is 18.0 Å². The van der Waals surface area contributed by atoms with E-state index in [1.807, 2.05) is 23.6 Å². The molecule has 0 radical (unpaired) electrons. The zero-order chi connectivity index (χ0) is 21.2. The van der Waals surface area contributed by atoms with Gasteiger partial charge in [-0.1, -0.05) is 23.5 Å². The van der Waals surface area contributed by atoms with Crippen molar-refractivity contribution in [1.82, 2.24) is 4.57 Å². The largest absolute Gasteiger partial charge is 0.383 e. The second kappa shape index (κ2) is 8.61. The lowest BCUT2D eigenvalue weighted by molar-refractivity contribution is 0.0997. The van der Waals surface area contributed by atoms with Crippen LogP contribution in [0.3, 0.4) is 0 Å². The van der Waals surface area contributed by atoms with Crippen LogP contribution in [0.15, 0.2) is 52.4 Å². The fourth-order valence-electron chi connectivity index (χ4n) is 2.89. The number of aryl methyl sites for hydroxylation is 1. The average Bonchev–Trinajstić information content (AvgIpc) is 3.02. The van der Waals surface area contributed by atoms with Crippen molar-refractivity contribution in [2.75, 3.05) is 13.7 Å². The highest BCUT2D eigenvalue weighted by atomic mass is 32.2. The molecule has 1 amide bonds. The zero-order valence-corrected chi connectivity index (χ0v) is 18.5. The molecule has 29 heavy (non-hydrogen) atoms. The van der Waals surface area contributed by atoms with E-state index in [0.717, 1.165) is 15.8 Å². The van der Waals surface area contributed by atoms with Crippen LogP contribution in [-0.4, -0.2) is 37.9 Å². The molecule has 3 aromatic rings. The molecule has 0 aliphatic rings. The van der Waals surface area contributed by atoms with Crippen molar-refractivity contribution in [3.63, 3.8) is 0 Å². The number of thiazole rings is 1. The normalized spacial score (nSPS) is 12.8. The van der Waals surface area contributed by atoms with E-state index in [1.54, 1.807) is 33.1 Å². The maximum Gasteiger partial charge on any atom is 0.279 e. The van der Waals surface area contributed by atoms with Gasteiger partial charge in [0.05, 0.1) is 27.0 Å². The molecule has 0 fully saturated rings. The van der Waals surface area contributed by atoms with E-state index < -0.39 is 21.0 Å².